The third-order valence-corrected chi connectivity index (χ3v) is 2.66. The SMILES string of the molecule is N#CC(CC(=O)/C=N/NC(N)=O)SCCC(=O)O. The summed E-state index contributed by atoms with van der Waals surface area (Å²) in [5, 5.41) is 19.8. The predicted octanol–water partition coefficient (Wildman–Crippen LogP) is -0.300. The molecule has 0 spiro atoms. The summed E-state index contributed by atoms with van der Waals surface area (Å²) in [4.78, 5) is 31.8. The van der Waals surface area contributed by atoms with Gasteiger partial charge in [-0.1, -0.05) is 0 Å². The summed E-state index contributed by atoms with van der Waals surface area (Å²) >= 11 is 1.08. The monoisotopic (exact) mass is 272 g/mol. The number of nitrogens with one attached hydrogen (secondary N) is 1. The molecule has 0 radical (unpaired) electrons. The lowest BCUT2D eigenvalue weighted by Crippen LogP contribution is -2.25. The van der Waals surface area contributed by atoms with E-state index < -0.39 is 23.0 Å². The fraction of sp³-hybridized carbons (Fsp3) is 0.444. The molecule has 0 saturated carbocycles. The number of ketones is 1. The van der Waals surface area contributed by atoms with Gasteiger partial charge in [0, 0.05) is 12.2 Å². The number of aliphatic carboxylic acids is 1. The van der Waals surface area contributed by atoms with E-state index in [4.69, 9.17) is 16.1 Å². The second-order valence-electron chi connectivity index (χ2n) is 3.04. The Bertz CT molecular complexity index is 391. The molecule has 0 aliphatic heterocycles. The predicted molar refractivity (Wildman–Crippen MR) is 64.9 cm³/mol. The lowest BCUT2D eigenvalue weighted by Gasteiger charge is -2.04. The summed E-state index contributed by atoms with van der Waals surface area (Å²) in [6.07, 6.45) is 0.673. The maximum absolute atomic E-state index is 11.3. The van der Waals surface area contributed by atoms with E-state index in [0.29, 0.717) is 0 Å². The van der Waals surface area contributed by atoms with Crippen LogP contribution < -0.4 is 11.2 Å². The maximum Gasteiger partial charge on any atom is 0.332 e. The van der Waals surface area contributed by atoms with Crippen LogP contribution in [0, 0.1) is 11.3 Å². The number of carboxylic acid groups (broad SMARTS) is 1. The Morgan fingerprint density at radius 2 is 2.22 bits per heavy atom. The number of Topliss-reactive ketones (excluding diaryl/α,β-unsaturated/α-hetero) is 1. The number of urea groups is 1. The number of amides is 2. The van der Waals surface area contributed by atoms with E-state index in [0.717, 1.165) is 18.0 Å². The number of carbonyl (C=O) groups excluding carboxylic acids is 2. The van der Waals surface area contributed by atoms with Gasteiger partial charge in [0.25, 0.3) is 0 Å². The summed E-state index contributed by atoms with van der Waals surface area (Å²) in [5.41, 5.74) is 6.56. The van der Waals surface area contributed by atoms with Gasteiger partial charge in [-0.3, -0.25) is 9.59 Å². The van der Waals surface area contributed by atoms with Gasteiger partial charge in [0.2, 0.25) is 0 Å². The fourth-order valence-corrected chi connectivity index (χ4v) is 1.77. The number of rotatable bonds is 8. The highest BCUT2D eigenvalue weighted by Gasteiger charge is 2.13. The first kappa shape index (κ1) is 15.9. The van der Waals surface area contributed by atoms with E-state index in [1.165, 1.54) is 0 Å². The quantitative estimate of drug-likeness (QED) is 0.408. The van der Waals surface area contributed by atoms with Crippen LogP contribution in [0.3, 0.4) is 0 Å². The van der Waals surface area contributed by atoms with E-state index in [-0.39, 0.29) is 18.6 Å². The van der Waals surface area contributed by atoms with Crippen LogP contribution in [0.4, 0.5) is 4.79 Å². The molecule has 0 aromatic carbocycles. The number of nitrogens with two attached hydrogens (primary N) is 1. The standard InChI is InChI=1S/C9H12N4O4S/c10-4-7(18-2-1-8(15)16)3-6(14)5-12-13-9(11)17/h5,7H,1-3H2,(H,15,16)(H3,11,13,17)/b12-5+. The number of carbonyl (C=O) groups is 3. The number of carboxylic acids is 1. The Labute approximate surface area is 107 Å². The number of hydrogen-bond acceptors (Lipinski definition) is 6. The van der Waals surface area contributed by atoms with Crippen molar-refractivity contribution in [2.45, 2.75) is 18.1 Å². The van der Waals surface area contributed by atoms with E-state index in [1.54, 1.807) is 0 Å². The van der Waals surface area contributed by atoms with E-state index >= 15 is 0 Å². The van der Waals surface area contributed by atoms with Crippen LogP contribution in [-0.4, -0.2) is 40.1 Å². The van der Waals surface area contributed by atoms with Crippen molar-refractivity contribution in [2.24, 2.45) is 10.8 Å². The molecule has 0 rings (SSSR count). The topological polar surface area (TPSA) is 146 Å². The molecule has 1 atom stereocenters. The number of hydrazone groups is 1. The minimum Gasteiger partial charge on any atom is -0.481 e. The van der Waals surface area contributed by atoms with Crippen LogP contribution in [0.15, 0.2) is 5.10 Å². The molecule has 1 unspecified atom stereocenters. The second-order valence-corrected chi connectivity index (χ2v) is 4.35. The van der Waals surface area contributed by atoms with Crippen molar-refractivity contribution in [3.8, 4) is 6.07 Å². The van der Waals surface area contributed by atoms with Gasteiger partial charge in [-0.15, -0.1) is 11.8 Å². The van der Waals surface area contributed by atoms with Crippen LogP contribution >= 0.6 is 11.8 Å². The Hall–Kier alpha value is -2.08. The molecule has 9 heteroatoms. The van der Waals surface area contributed by atoms with Crippen LogP contribution in [0.1, 0.15) is 12.8 Å². The number of nitrogens with zero attached hydrogens (tertiary/aromatic N) is 2. The van der Waals surface area contributed by atoms with E-state index in [9.17, 15) is 14.4 Å². The molecule has 0 aromatic heterocycles. The molecular weight excluding hydrogens is 260 g/mol. The van der Waals surface area contributed by atoms with E-state index in [2.05, 4.69) is 5.10 Å². The molecule has 2 amide bonds. The third kappa shape index (κ3) is 9.17. The molecule has 0 saturated heterocycles. The minimum absolute atomic E-state index is 0.0750. The Kier molecular flexibility index (Phi) is 7.96. The molecular formula is C9H12N4O4S. The molecule has 0 fully saturated rings. The van der Waals surface area contributed by atoms with Gasteiger partial charge in [0.15, 0.2) is 5.78 Å². The van der Waals surface area contributed by atoms with Crippen molar-refractivity contribution < 1.29 is 19.5 Å². The summed E-state index contributed by atoms with van der Waals surface area (Å²) in [6.45, 7) is 0. The molecule has 98 valence electrons. The maximum atomic E-state index is 11.3. The number of hydrogen-bond donors (Lipinski definition) is 3. The number of primary amides is 1. The van der Waals surface area contributed by atoms with Crippen molar-refractivity contribution in [3.05, 3.63) is 0 Å². The zero-order valence-electron chi connectivity index (χ0n) is 9.33. The molecule has 0 aromatic rings. The zero-order chi connectivity index (χ0) is 14.0. The largest absolute Gasteiger partial charge is 0.481 e. The highest BCUT2D eigenvalue weighted by atomic mass is 32.2. The molecule has 0 bridgehead atoms. The first-order valence-corrected chi connectivity index (χ1v) is 5.85. The number of nitriles is 1. The fourth-order valence-electron chi connectivity index (χ4n) is 0.834. The van der Waals surface area contributed by atoms with Crippen molar-refractivity contribution in [1.82, 2.24) is 5.43 Å². The lowest BCUT2D eigenvalue weighted by molar-refractivity contribution is -0.136. The zero-order valence-corrected chi connectivity index (χ0v) is 10.1. The normalized spacial score (nSPS) is 11.7. The smallest absolute Gasteiger partial charge is 0.332 e. The van der Waals surface area contributed by atoms with Crippen LogP contribution in [-0.2, 0) is 9.59 Å². The first-order chi connectivity index (χ1) is 8.45. The van der Waals surface area contributed by atoms with Crippen molar-refractivity contribution in [2.75, 3.05) is 5.75 Å². The Balaban J connectivity index is 4.01. The molecule has 0 aliphatic rings. The van der Waals surface area contributed by atoms with Crippen LogP contribution in [0.25, 0.3) is 0 Å². The average molecular weight is 272 g/mol. The van der Waals surface area contributed by atoms with Gasteiger partial charge in [-0.2, -0.15) is 10.4 Å². The van der Waals surface area contributed by atoms with Crippen LogP contribution in [0.5, 0.6) is 0 Å². The van der Waals surface area contributed by atoms with Gasteiger partial charge in [0.1, 0.15) is 0 Å². The molecule has 18 heavy (non-hydrogen) atoms. The summed E-state index contributed by atoms with van der Waals surface area (Å²) in [7, 11) is 0. The highest BCUT2D eigenvalue weighted by Crippen LogP contribution is 2.15. The van der Waals surface area contributed by atoms with Gasteiger partial charge < -0.3 is 10.8 Å². The molecule has 8 nitrogen and oxygen atoms in total. The second kappa shape index (κ2) is 9.00. The van der Waals surface area contributed by atoms with Gasteiger partial charge in [0.05, 0.1) is 24.0 Å². The van der Waals surface area contributed by atoms with Crippen LogP contribution in [0.2, 0.25) is 0 Å². The van der Waals surface area contributed by atoms with Crippen molar-refractivity contribution >= 4 is 35.8 Å². The molecule has 4 N–H and O–H groups in total. The van der Waals surface area contributed by atoms with E-state index in [1.807, 2.05) is 11.5 Å². The summed E-state index contributed by atoms with van der Waals surface area (Å²) in [6, 6.07) is 0.985. The highest BCUT2D eigenvalue weighted by molar-refractivity contribution is 8.00. The summed E-state index contributed by atoms with van der Waals surface area (Å²) in [5.74, 6) is -1.17. The average Bonchev–Trinajstić information content (AvgIpc) is 2.26. The van der Waals surface area contributed by atoms with Crippen molar-refractivity contribution in [1.29, 1.82) is 5.26 Å². The first-order valence-electron chi connectivity index (χ1n) is 4.80. The minimum atomic E-state index is -0.960. The van der Waals surface area contributed by atoms with Gasteiger partial charge >= 0.3 is 12.0 Å². The molecule has 0 heterocycles. The Morgan fingerprint density at radius 1 is 1.56 bits per heavy atom. The number of thioether (sulfide) groups is 1. The lowest BCUT2D eigenvalue weighted by atomic mass is 10.2. The third-order valence-electron chi connectivity index (χ3n) is 1.55. The summed E-state index contributed by atoms with van der Waals surface area (Å²) < 4.78 is 0. The Morgan fingerprint density at radius 3 is 2.72 bits per heavy atom. The van der Waals surface area contributed by atoms with Crippen molar-refractivity contribution in [3.63, 3.8) is 0 Å². The van der Waals surface area contributed by atoms with Gasteiger partial charge in [-0.25, -0.2) is 10.2 Å². The van der Waals surface area contributed by atoms with Gasteiger partial charge in [-0.05, 0) is 0 Å². The molecule has 0 aliphatic carbocycles.